The summed E-state index contributed by atoms with van der Waals surface area (Å²) < 4.78 is 6.20. The van der Waals surface area contributed by atoms with Crippen LogP contribution in [0.5, 0.6) is 0 Å². The van der Waals surface area contributed by atoms with Crippen molar-refractivity contribution in [3.8, 4) is 0 Å². The highest BCUT2D eigenvalue weighted by Crippen LogP contribution is 2.34. The highest BCUT2D eigenvalue weighted by molar-refractivity contribution is 9.10. The van der Waals surface area contributed by atoms with Gasteiger partial charge in [0.25, 0.3) is 0 Å². The predicted octanol–water partition coefficient (Wildman–Crippen LogP) is 2.15. The van der Waals surface area contributed by atoms with Crippen LogP contribution in [0.3, 0.4) is 0 Å². The van der Waals surface area contributed by atoms with E-state index in [9.17, 15) is 14.7 Å². The zero-order valence-corrected chi connectivity index (χ0v) is 14.4. The van der Waals surface area contributed by atoms with E-state index >= 15 is 0 Å². The summed E-state index contributed by atoms with van der Waals surface area (Å²) in [4.78, 5) is 25.0. The SMILES string of the molecule is CC(C)(C)OC(=O)N1C[C@@H](C(=O)[O-])[C@H](c2cccc(Br)c2)C1. The van der Waals surface area contributed by atoms with Crippen molar-refractivity contribution in [2.45, 2.75) is 32.3 Å². The van der Waals surface area contributed by atoms with Crippen LogP contribution in [0.15, 0.2) is 28.7 Å². The Kier molecular flexibility index (Phi) is 4.80. The second-order valence-electron chi connectivity index (χ2n) is 6.47. The first-order valence-corrected chi connectivity index (χ1v) is 7.91. The quantitative estimate of drug-likeness (QED) is 0.801. The standard InChI is InChI=1S/C16H20BrNO4/c1-16(2,3)22-15(21)18-8-12(13(9-18)14(19)20)10-5-4-6-11(17)7-10/h4-7,12-13H,8-9H2,1-3H3,(H,19,20)/p-1/t12-,13+/m0/s1. The molecule has 120 valence electrons. The van der Waals surface area contributed by atoms with E-state index in [1.54, 1.807) is 20.8 Å². The number of likely N-dealkylation sites (tertiary alicyclic amines) is 1. The first-order valence-electron chi connectivity index (χ1n) is 7.11. The van der Waals surface area contributed by atoms with Gasteiger partial charge in [0, 0.05) is 35.4 Å². The molecular formula is C16H19BrNO4-. The van der Waals surface area contributed by atoms with Gasteiger partial charge in [0.2, 0.25) is 0 Å². The largest absolute Gasteiger partial charge is 0.550 e. The number of aliphatic carboxylic acids is 1. The summed E-state index contributed by atoms with van der Waals surface area (Å²) in [5.41, 5.74) is 0.261. The van der Waals surface area contributed by atoms with Gasteiger partial charge in [-0.3, -0.25) is 0 Å². The number of hydrogen-bond donors (Lipinski definition) is 0. The number of nitrogens with zero attached hydrogens (tertiary/aromatic N) is 1. The Morgan fingerprint density at radius 2 is 2.00 bits per heavy atom. The minimum atomic E-state index is -1.14. The van der Waals surface area contributed by atoms with Crippen LogP contribution in [0.1, 0.15) is 32.3 Å². The molecule has 0 unspecified atom stereocenters. The van der Waals surface area contributed by atoms with E-state index < -0.39 is 23.6 Å². The number of hydrogen-bond acceptors (Lipinski definition) is 4. The van der Waals surface area contributed by atoms with E-state index in [-0.39, 0.29) is 12.5 Å². The molecule has 0 saturated carbocycles. The molecule has 0 aromatic heterocycles. The molecule has 0 aliphatic carbocycles. The summed E-state index contributed by atoms with van der Waals surface area (Å²) in [5, 5.41) is 11.4. The molecule has 1 amide bonds. The van der Waals surface area contributed by atoms with Gasteiger partial charge in [-0.15, -0.1) is 0 Å². The monoisotopic (exact) mass is 368 g/mol. The predicted molar refractivity (Wildman–Crippen MR) is 83.2 cm³/mol. The molecule has 1 aromatic carbocycles. The van der Waals surface area contributed by atoms with Crippen molar-refractivity contribution in [2.24, 2.45) is 5.92 Å². The van der Waals surface area contributed by atoms with Crippen LogP contribution < -0.4 is 5.11 Å². The third-order valence-corrected chi connectivity index (χ3v) is 4.04. The smallest absolute Gasteiger partial charge is 0.410 e. The topological polar surface area (TPSA) is 69.7 Å². The Balaban J connectivity index is 2.20. The fourth-order valence-corrected chi connectivity index (χ4v) is 3.01. The maximum absolute atomic E-state index is 12.2. The molecule has 6 heteroatoms. The van der Waals surface area contributed by atoms with Crippen LogP contribution in [0.2, 0.25) is 0 Å². The van der Waals surface area contributed by atoms with E-state index in [1.807, 2.05) is 24.3 Å². The third kappa shape index (κ3) is 4.00. The van der Waals surface area contributed by atoms with Gasteiger partial charge < -0.3 is 19.5 Å². The normalized spacial score (nSPS) is 21.7. The zero-order valence-electron chi connectivity index (χ0n) is 12.8. The molecule has 1 saturated heterocycles. The molecule has 2 rings (SSSR count). The summed E-state index contributed by atoms with van der Waals surface area (Å²) in [6.45, 7) is 5.76. The molecule has 22 heavy (non-hydrogen) atoms. The van der Waals surface area contributed by atoms with Crippen LogP contribution in [0.25, 0.3) is 0 Å². The van der Waals surface area contributed by atoms with Crippen molar-refractivity contribution in [1.29, 1.82) is 0 Å². The van der Waals surface area contributed by atoms with Crippen LogP contribution in [-0.4, -0.2) is 35.7 Å². The van der Waals surface area contributed by atoms with Gasteiger partial charge in [-0.25, -0.2) is 4.79 Å². The molecule has 0 radical (unpaired) electrons. The lowest BCUT2D eigenvalue weighted by Crippen LogP contribution is -2.38. The number of carboxylic acid groups (broad SMARTS) is 1. The minimum Gasteiger partial charge on any atom is -0.550 e. The highest BCUT2D eigenvalue weighted by atomic mass is 79.9. The summed E-state index contributed by atoms with van der Waals surface area (Å²) in [7, 11) is 0. The Morgan fingerprint density at radius 3 is 2.55 bits per heavy atom. The van der Waals surface area contributed by atoms with E-state index in [4.69, 9.17) is 4.74 Å². The number of halogens is 1. The van der Waals surface area contributed by atoms with Crippen LogP contribution in [0.4, 0.5) is 4.79 Å². The number of amides is 1. The highest BCUT2D eigenvalue weighted by Gasteiger charge is 2.38. The van der Waals surface area contributed by atoms with E-state index in [0.29, 0.717) is 6.54 Å². The summed E-state index contributed by atoms with van der Waals surface area (Å²) in [5.74, 6) is -2.17. The maximum Gasteiger partial charge on any atom is 0.410 e. The molecular weight excluding hydrogens is 350 g/mol. The first kappa shape index (κ1) is 16.8. The molecule has 0 N–H and O–H groups in total. The van der Waals surface area contributed by atoms with Gasteiger partial charge in [-0.2, -0.15) is 0 Å². The lowest BCUT2D eigenvalue weighted by Gasteiger charge is -2.24. The number of benzene rings is 1. The van der Waals surface area contributed by atoms with Gasteiger partial charge in [0.15, 0.2) is 0 Å². The van der Waals surface area contributed by atoms with Crippen LogP contribution in [0, 0.1) is 5.92 Å². The Bertz CT molecular complexity index is 582. The minimum absolute atomic E-state index is 0.106. The van der Waals surface area contributed by atoms with Crippen LogP contribution >= 0.6 is 15.9 Å². The number of carbonyl (C=O) groups excluding carboxylic acids is 2. The Labute approximate surface area is 138 Å². The lowest BCUT2D eigenvalue weighted by molar-refractivity contribution is -0.311. The fourth-order valence-electron chi connectivity index (χ4n) is 2.59. The molecule has 0 bridgehead atoms. The van der Waals surface area contributed by atoms with Crippen molar-refractivity contribution in [2.75, 3.05) is 13.1 Å². The van der Waals surface area contributed by atoms with Crippen molar-refractivity contribution < 1.29 is 19.4 Å². The molecule has 1 fully saturated rings. The van der Waals surface area contributed by atoms with Crippen molar-refractivity contribution in [1.82, 2.24) is 4.90 Å². The molecule has 5 nitrogen and oxygen atoms in total. The first-order chi connectivity index (χ1) is 10.2. The summed E-state index contributed by atoms with van der Waals surface area (Å²) in [6.07, 6.45) is -0.490. The fraction of sp³-hybridized carbons (Fsp3) is 0.500. The average molecular weight is 369 g/mol. The van der Waals surface area contributed by atoms with Crippen molar-refractivity contribution >= 4 is 28.0 Å². The third-order valence-electron chi connectivity index (χ3n) is 3.55. The zero-order chi connectivity index (χ0) is 16.5. The Hall–Kier alpha value is -1.56. The molecule has 0 spiro atoms. The molecule has 1 heterocycles. The number of carbonyl (C=O) groups is 2. The molecule has 1 aromatic rings. The second-order valence-corrected chi connectivity index (χ2v) is 7.39. The van der Waals surface area contributed by atoms with Gasteiger partial charge in [-0.1, -0.05) is 28.1 Å². The summed E-state index contributed by atoms with van der Waals surface area (Å²) in [6, 6.07) is 7.46. The van der Waals surface area contributed by atoms with Crippen molar-refractivity contribution in [3.05, 3.63) is 34.3 Å². The number of rotatable bonds is 2. The molecule has 1 aliphatic rings. The summed E-state index contributed by atoms with van der Waals surface area (Å²) >= 11 is 3.38. The van der Waals surface area contributed by atoms with Crippen LogP contribution in [-0.2, 0) is 9.53 Å². The Morgan fingerprint density at radius 1 is 1.32 bits per heavy atom. The van der Waals surface area contributed by atoms with Gasteiger partial charge in [0.05, 0.1) is 0 Å². The van der Waals surface area contributed by atoms with Gasteiger partial charge >= 0.3 is 6.09 Å². The van der Waals surface area contributed by atoms with Gasteiger partial charge in [-0.05, 0) is 38.5 Å². The number of carboxylic acids is 1. The molecule has 1 aliphatic heterocycles. The maximum atomic E-state index is 12.2. The van der Waals surface area contributed by atoms with E-state index in [1.165, 1.54) is 4.90 Å². The number of ether oxygens (including phenoxy) is 1. The van der Waals surface area contributed by atoms with Crippen molar-refractivity contribution in [3.63, 3.8) is 0 Å². The van der Waals surface area contributed by atoms with Gasteiger partial charge in [0.1, 0.15) is 5.60 Å². The van der Waals surface area contributed by atoms with E-state index in [2.05, 4.69) is 15.9 Å². The second kappa shape index (κ2) is 6.28. The lowest BCUT2D eigenvalue weighted by atomic mass is 9.89. The molecule has 2 atom stereocenters. The van der Waals surface area contributed by atoms with E-state index in [0.717, 1.165) is 10.0 Å². The average Bonchev–Trinajstić information content (AvgIpc) is 2.82.